The summed E-state index contributed by atoms with van der Waals surface area (Å²) in [7, 11) is 3.51. The first kappa shape index (κ1) is 17.0. The van der Waals surface area contributed by atoms with Crippen molar-refractivity contribution in [3.05, 3.63) is 17.5 Å². The van der Waals surface area contributed by atoms with Crippen molar-refractivity contribution >= 4 is 5.91 Å². The number of aromatic nitrogens is 2. The number of carbonyl (C=O) groups excluding carboxylic acids is 1. The Labute approximate surface area is 132 Å². The average Bonchev–Trinajstić information content (AvgIpc) is 3.06. The summed E-state index contributed by atoms with van der Waals surface area (Å²) in [5, 5.41) is 7.43. The topological polar surface area (TPSA) is 65.4 Å². The summed E-state index contributed by atoms with van der Waals surface area (Å²) < 4.78 is 12.6. The number of hydrogen-bond donors (Lipinski definition) is 1. The van der Waals surface area contributed by atoms with Gasteiger partial charge in [0.1, 0.15) is 0 Å². The summed E-state index contributed by atoms with van der Waals surface area (Å²) >= 11 is 0. The van der Waals surface area contributed by atoms with Crippen molar-refractivity contribution in [2.45, 2.75) is 39.2 Å². The van der Waals surface area contributed by atoms with Crippen LogP contribution in [0, 0.1) is 5.41 Å². The maximum Gasteiger partial charge on any atom is 0.254 e. The molecule has 2 rings (SSSR count). The molecule has 1 aromatic rings. The van der Waals surface area contributed by atoms with Crippen LogP contribution in [-0.2, 0) is 16.5 Å². The lowest BCUT2D eigenvalue weighted by molar-refractivity contribution is 0.0175. The van der Waals surface area contributed by atoms with Gasteiger partial charge in [0.05, 0.1) is 24.0 Å². The summed E-state index contributed by atoms with van der Waals surface area (Å²) in [4.78, 5) is 12.5. The third-order valence-electron chi connectivity index (χ3n) is 4.12. The maximum absolute atomic E-state index is 12.5. The fourth-order valence-electron chi connectivity index (χ4n) is 2.76. The molecule has 0 bridgehead atoms. The Balaban J connectivity index is 2.06. The molecule has 1 fully saturated rings. The van der Waals surface area contributed by atoms with Crippen LogP contribution in [-0.4, -0.2) is 48.7 Å². The fraction of sp³-hybridized carbons (Fsp3) is 0.750. The first-order valence-corrected chi connectivity index (χ1v) is 7.75. The summed E-state index contributed by atoms with van der Waals surface area (Å²) in [6, 6.07) is 0. The Hall–Kier alpha value is -1.40. The Morgan fingerprint density at radius 3 is 2.86 bits per heavy atom. The Bertz CT molecular complexity index is 513. The van der Waals surface area contributed by atoms with Crippen molar-refractivity contribution in [1.82, 2.24) is 15.1 Å². The van der Waals surface area contributed by atoms with Crippen LogP contribution >= 0.6 is 0 Å². The molecule has 6 nitrogen and oxygen atoms in total. The number of ether oxygens (including phenoxy) is 2. The van der Waals surface area contributed by atoms with Gasteiger partial charge >= 0.3 is 0 Å². The molecule has 1 aliphatic rings. The molecule has 0 aliphatic carbocycles. The second-order valence-electron chi connectivity index (χ2n) is 6.96. The van der Waals surface area contributed by atoms with Crippen LogP contribution in [0.15, 0.2) is 6.20 Å². The van der Waals surface area contributed by atoms with Crippen LogP contribution in [0.2, 0.25) is 0 Å². The number of carbonyl (C=O) groups is 1. The van der Waals surface area contributed by atoms with Crippen molar-refractivity contribution in [2.24, 2.45) is 12.5 Å². The van der Waals surface area contributed by atoms with Crippen LogP contribution in [0.5, 0.6) is 0 Å². The molecule has 0 unspecified atom stereocenters. The number of hydrogen-bond acceptors (Lipinski definition) is 4. The van der Waals surface area contributed by atoms with Gasteiger partial charge in [-0.2, -0.15) is 5.10 Å². The Morgan fingerprint density at radius 1 is 1.59 bits per heavy atom. The minimum atomic E-state index is -0.0960. The Morgan fingerprint density at radius 2 is 2.32 bits per heavy atom. The minimum absolute atomic E-state index is 0.0287. The second-order valence-corrected chi connectivity index (χ2v) is 6.96. The van der Waals surface area contributed by atoms with Gasteiger partial charge in [0, 0.05) is 39.4 Å². The highest BCUT2D eigenvalue weighted by atomic mass is 16.5. The highest BCUT2D eigenvalue weighted by Gasteiger charge is 2.28. The Kier molecular flexibility index (Phi) is 5.24. The van der Waals surface area contributed by atoms with E-state index in [1.807, 2.05) is 7.05 Å². The molecule has 2 atom stereocenters. The normalized spacial score (nSPS) is 20.1. The van der Waals surface area contributed by atoms with Crippen molar-refractivity contribution in [3.63, 3.8) is 0 Å². The number of aryl methyl sites for hydroxylation is 1. The molecule has 0 saturated carbocycles. The summed E-state index contributed by atoms with van der Waals surface area (Å²) in [6.45, 7) is 8.14. The number of nitrogens with one attached hydrogen (secondary N) is 1. The van der Waals surface area contributed by atoms with E-state index in [1.54, 1.807) is 18.0 Å². The second kappa shape index (κ2) is 6.79. The first-order chi connectivity index (χ1) is 10.3. The van der Waals surface area contributed by atoms with Crippen molar-refractivity contribution < 1.29 is 14.3 Å². The van der Waals surface area contributed by atoms with Gasteiger partial charge in [0.15, 0.2) is 0 Å². The maximum atomic E-state index is 12.5. The molecule has 1 N–H and O–H groups in total. The van der Waals surface area contributed by atoms with Crippen molar-refractivity contribution in [2.75, 3.05) is 26.9 Å². The van der Waals surface area contributed by atoms with Gasteiger partial charge < -0.3 is 14.8 Å². The molecule has 124 valence electrons. The lowest BCUT2D eigenvalue weighted by atomic mass is 9.89. The highest BCUT2D eigenvalue weighted by molar-refractivity contribution is 5.95. The molecule has 0 aromatic carbocycles. The number of rotatable bonds is 5. The van der Waals surface area contributed by atoms with E-state index < -0.39 is 0 Å². The van der Waals surface area contributed by atoms with Crippen LogP contribution in [0.3, 0.4) is 0 Å². The summed E-state index contributed by atoms with van der Waals surface area (Å²) in [5.41, 5.74) is 1.45. The molecule has 1 amide bonds. The number of amides is 1. The van der Waals surface area contributed by atoms with E-state index in [9.17, 15) is 4.79 Å². The van der Waals surface area contributed by atoms with Gasteiger partial charge in [-0.25, -0.2) is 0 Å². The zero-order valence-electron chi connectivity index (χ0n) is 14.2. The summed E-state index contributed by atoms with van der Waals surface area (Å²) in [6.07, 6.45) is 2.66. The summed E-state index contributed by atoms with van der Waals surface area (Å²) in [5.74, 6) is 0.115. The van der Waals surface area contributed by atoms with Crippen molar-refractivity contribution in [1.29, 1.82) is 0 Å². The van der Waals surface area contributed by atoms with E-state index in [4.69, 9.17) is 9.47 Å². The van der Waals surface area contributed by atoms with E-state index in [2.05, 4.69) is 31.2 Å². The van der Waals surface area contributed by atoms with E-state index in [-0.39, 0.29) is 23.3 Å². The van der Waals surface area contributed by atoms with Crippen LogP contribution < -0.4 is 5.32 Å². The van der Waals surface area contributed by atoms with Gasteiger partial charge in [-0.1, -0.05) is 20.8 Å². The molecule has 0 radical (unpaired) electrons. The molecular formula is C16H27N3O3. The SMILES string of the molecule is CO[C@@H](CNC(=O)c1cn(C)nc1[C@@H]1CCOC1)C(C)(C)C. The number of nitrogens with zero attached hydrogens (tertiary/aromatic N) is 2. The predicted molar refractivity (Wildman–Crippen MR) is 84.0 cm³/mol. The smallest absolute Gasteiger partial charge is 0.254 e. The van der Waals surface area contributed by atoms with Gasteiger partial charge in [-0.05, 0) is 11.8 Å². The van der Waals surface area contributed by atoms with E-state index in [1.165, 1.54) is 0 Å². The first-order valence-electron chi connectivity index (χ1n) is 7.75. The fourth-order valence-corrected chi connectivity index (χ4v) is 2.76. The zero-order valence-corrected chi connectivity index (χ0v) is 14.2. The molecule has 0 spiro atoms. The molecule has 1 saturated heterocycles. The predicted octanol–water partition coefficient (Wildman–Crippen LogP) is 1.71. The standard InChI is InChI=1S/C16H27N3O3/c1-16(2,3)13(21-5)8-17-15(20)12-9-19(4)18-14(12)11-6-7-22-10-11/h9,11,13H,6-8,10H2,1-5H3,(H,17,20)/t11-,13+/m1/s1. The third kappa shape index (κ3) is 3.87. The van der Waals surface area contributed by atoms with Gasteiger partial charge in [-0.15, -0.1) is 0 Å². The van der Waals surface area contributed by atoms with Gasteiger partial charge in [0.25, 0.3) is 5.91 Å². The van der Waals surface area contributed by atoms with Crippen molar-refractivity contribution in [3.8, 4) is 0 Å². The van der Waals surface area contributed by atoms with Gasteiger partial charge in [0.2, 0.25) is 0 Å². The molecule has 22 heavy (non-hydrogen) atoms. The zero-order chi connectivity index (χ0) is 16.3. The minimum Gasteiger partial charge on any atom is -0.381 e. The van der Waals surface area contributed by atoms with Gasteiger partial charge in [-0.3, -0.25) is 9.48 Å². The lowest BCUT2D eigenvalue weighted by Crippen LogP contribution is -2.40. The monoisotopic (exact) mass is 309 g/mol. The molecule has 1 aromatic heterocycles. The number of methoxy groups -OCH3 is 1. The molecule has 1 aliphatic heterocycles. The van der Waals surface area contributed by atoms with E-state index in [0.717, 1.165) is 18.7 Å². The quantitative estimate of drug-likeness (QED) is 0.899. The molecule has 2 heterocycles. The van der Waals surface area contributed by atoms with Crippen LogP contribution in [0.1, 0.15) is 49.2 Å². The lowest BCUT2D eigenvalue weighted by Gasteiger charge is -2.29. The highest BCUT2D eigenvalue weighted by Crippen LogP contribution is 2.27. The van der Waals surface area contributed by atoms with Crippen LogP contribution in [0.25, 0.3) is 0 Å². The van der Waals surface area contributed by atoms with Crippen LogP contribution in [0.4, 0.5) is 0 Å². The van der Waals surface area contributed by atoms with E-state index >= 15 is 0 Å². The largest absolute Gasteiger partial charge is 0.381 e. The average molecular weight is 309 g/mol. The molecular weight excluding hydrogens is 282 g/mol. The van der Waals surface area contributed by atoms with E-state index in [0.29, 0.717) is 18.7 Å². The third-order valence-corrected chi connectivity index (χ3v) is 4.12. The molecule has 6 heteroatoms.